The van der Waals surface area contributed by atoms with E-state index < -0.39 is 6.10 Å². The Kier molecular flexibility index (Phi) is 66.2. The summed E-state index contributed by atoms with van der Waals surface area (Å²) in [7, 11) is 0. The maximum absolute atomic E-state index is 12.4. The highest BCUT2D eigenvalue weighted by Crippen LogP contribution is 2.20. The number of ether oxygens (including phenoxy) is 2. The van der Waals surface area contributed by atoms with Crippen molar-refractivity contribution in [3.63, 3.8) is 0 Å². The molecule has 5 nitrogen and oxygen atoms in total. The van der Waals surface area contributed by atoms with Crippen molar-refractivity contribution in [1.29, 1.82) is 0 Å². The van der Waals surface area contributed by atoms with E-state index in [1.54, 1.807) is 0 Å². The molecule has 0 aromatic carbocycles. The molecule has 0 radical (unpaired) electrons. The summed E-state index contributed by atoms with van der Waals surface area (Å²) in [6.45, 7) is 4.23. The van der Waals surface area contributed by atoms with E-state index in [-0.39, 0.29) is 25.2 Å². The van der Waals surface area contributed by atoms with Gasteiger partial charge in [0, 0.05) is 12.8 Å². The van der Waals surface area contributed by atoms with Gasteiger partial charge in [-0.05, 0) is 12.8 Å². The molecule has 0 fully saturated rings. The largest absolute Gasteiger partial charge is 0.462 e. The van der Waals surface area contributed by atoms with E-state index in [1.165, 1.54) is 360 Å². The molecule has 0 spiro atoms. The number of hydrogen-bond donors (Lipinski definition) is 1. The van der Waals surface area contributed by atoms with E-state index in [2.05, 4.69) is 13.8 Å². The van der Waals surface area contributed by atoms with Crippen molar-refractivity contribution in [2.75, 3.05) is 13.2 Å². The summed E-state index contributed by atoms with van der Waals surface area (Å²) in [6.07, 6.45) is 84.4. The van der Waals surface area contributed by atoms with Crippen LogP contribution >= 0.6 is 0 Å². The lowest BCUT2D eigenvalue weighted by molar-refractivity contribution is -0.161. The number of unbranched alkanes of at least 4 members (excludes halogenated alkanes) is 59. The van der Waals surface area contributed by atoms with Crippen molar-refractivity contribution in [3.8, 4) is 0 Å². The molecule has 1 atom stereocenters. The first kappa shape index (κ1) is 73.9. The van der Waals surface area contributed by atoms with Gasteiger partial charge in [-0.1, -0.05) is 393 Å². The van der Waals surface area contributed by atoms with Gasteiger partial charge >= 0.3 is 11.9 Å². The Morgan fingerprint density at radius 2 is 0.413 bits per heavy atom. The van der Waals surface area contributed by atoms with Gasteiger partial charge < -0.3 is 14.6 Å². The van der Waals surface area contributed by atoms with Gasteiger partial charge in [-0.25, -0.2) is 0 Å². The molecule has 0 aromatic heterocycles. The highest BCUT2D eigenvalue weighted by molar-refractivity contribution is 5.70. The SMILES string of the molecule is CCCCCCCCCCCCCCCCCCCCCCCCCCCCCCCCCCCCCC(=O)OC(CO)COC(=O)CCCCCCCCCCCCCCCCCCCCCCCCCCCC. The molecule has 448 valence electrons. The van der Waals surface area contributed by atoms with E-state index in [9.17, 15) is 14.7 Å². The van der Waals surface area contributed by atoms with E-state index in [4.69, 9.17) is 9.47 Å². The lowest BCUT2D eigenvalue weighted by Crippen LogP contribution is -2.28. The third-order valence-corrected chi connectivity index (χ3v) is 16.7. The van der Waals surface area contributed by atoms with E-state index in [0.717, 1.165) is 32.1 Å². The van der Waals surface area contributed by atoms with Crippen LogP contribution in [-0.2, 0) is 19.1 Å². The van der Waals surface area contributed by atoms with Crippen LogP contribution in [0.1, 0.15) is 418 Å². The molecule has 0 amide bonds. The first-order valence-corrected chi connectivity index (χ1v) is 35.1. The number of carbonyl (C=O) groups is 2. The van der Waals surface area contributed by atoms with E-state index >= 15 is 0 Å². The van der Waals surface area contributed by atoms with Gasteiger partial charge in [0.25, 0.3) is 0 Å². The monoisotopic (exact) mass is 1060 g/mol. The van der Waals surface area contributed by atoms with Gasteiger partial charge in [-0.15, -0.1) is 0 Å². The summed E-state index contributed by atoms with van der Waals surface area (Å²) in [5, 5.41) is 9.70. The van der Waals surface area contributed by atoms with Gasteiger partial charge in [0.1, 0.15) is 6.61 Å². The molecule has 1 N–H and O–H groups in total. The average Bonchev–Trinajstić information content (AvgIpc) is 3.41. The molecule has 0 saturated carbocycles. The Balaban J connectivity index is 3.34. The zero-order valence-electron chi connectivity index (χ0n) is 51.6. The third-order valence-electron chi connectivity index (χ3n) is 16.7. The second-order valence-corrected chi connectivity index (χ2v) is 24.3. The number of hydrogen-bond acceptors (Lipinski definition) is 5. The molecule has 0 aliphatic carbocycles. The number of rotatable bonds is 67. The summed E-state index contributed by atoms with van der Waals surface area (Å²) in [6, 6.07) is 0. The van der Waals surface area contributed by atoms with Gasteiger partial charge in [0.2, 0.25) is 0 Å². The Labute approximate surface area is 471 Å². The fourth-order valence-electron chi connectivity index (χ4n) is 11.4. The van der Waals surface area contributed by atoms with Crippen molar-refractivity contribution >= 4 is 11.9 Å². The first-order chi connectivity index (χ1) is 37.1. The fourth-order valence-corrected chi connectivity index (χ4v) is 11.4. The van der Waals surface area contributed by atoms with Crippen LogP contribution in [0.5, 0.6) is 0 Å². The summed E-state index contributed by atoms with van der Waals surface area (Å²) in [4.78, 5) is 24.6. The normalized spacial score (nSPS) is 12.0. The maximum Gasteiger partial charge on any atom is 0.306 e. The van der Waals surface area contributed by atoms with Crippen LogP contribution < -0.4 is 0 Å². The van der Waals surface area contributed by atoms with Crippen molar-refractivity contribution in [2.45, 2.75) is 424 Å². The smallest absolute Gasteiger partial charge is 0.306 e. The molecular weight excluding hydrogens is 921 g/mol. The van der Waals surface area contributed by atoms with E-state index in [1.807, 2.05) is 0 Å². The van der Waals surface area contributed by atoms with Gasteiger partial charge in [-0.3, -0.25) is 9.59 Å². The minimum atomic E-state index is -0.765. The molecular formula is C70H138O5. The summed E-state index contributed by atoms with van der Waals surface area (Å²) in [5.41, 5.74) is 0. The summed E-state index contributed by atoms with van der Waals surface area (Å²) in [5.74, 6) is -0.558. The molecule has 0 rings (SSSR count). The second kappa shape index (κ2) is 67.2. The van der Waals surface area contributed by atoms with Gasteiger partial charge in [-0.2, -0.15) is 0 Å². The van der Waals surface area contributed by atoms with Crippen LogP contribution in [0.15, 0.2) is 0 Å². The molecule has 0 saturated heterocycles. The Bertz CT molecular complexity index is 1060. The minimum Gasteiger partial charge on any atom is -0.462 e. The lowest BCUT2D eigenvalue weighted by Gasteiger charge is -2.15. The van der Waals surface area contributed by atoms with Crippen LogP contribution in [0.4, 0.5) is 0 Å². The van der Waals surface area contributed by atoms with Crippen molar-refractivity contribution in [1.82, 2.24) is 0 Å². The fraction of sp³-hybridized carbons (Fsp3) is 0.971. The van der Waals surface area contributed by atoms with Crippen LogP contribution in [0.25, 0.3) is 0 Å². The van der Waals surface area contributed by atoms with Crippen LogP contribution in [0, 0.1) is 0 Å². The highest BCUT2D eigenvalue weighted by Gasteiger charge is 2.16. The van der Waals surface area contributed by atoms with Crippen LogP contribution in [0.3, 0.4) is 0 Å². The summed E-state index contributed by atoms with van der Waals surface area (Å²) < 4.78 is 10.8. The van der Waals surface area contributed by atoms with Crippen LogP contribution in [-0.4, -0.2) is 36.4 Å². The number of aliphatic hydroxyl groups excluding tert-OH is 1. The third kappa shape index (κ3) is 65.3. The standard InChI is InChI=1S/C70H138O5/c1-3-5-7-9-11-13-15-17-19-21-23-25-27-29-31-32-33-34-35-36-37-38-39-41-43-45-47-49-51-53-55-57-59-61-63-65-70(73)75-68(66-71)67-74-69(72)64-62-60-58-56-54-52-50-48-46-44-42-40-30-28-26-24-22-20-18-16-14-12-10-8-6-4-2/h68,71H,3-67H2,1-2H3. The quantitative estimate of drug-likeness (QED) is 0.0485. The van der Waals surface area contributed by atoms with E-state index in [0.29, 0.717) is 12.8 Å². The lowest BCUT2D eigenvalue weighted by atomic mass is 10.0. The molecule has 0 aromatic rings. The zero-order valence-corrected chi connectivity index (χ0v) is 51.6. The molecule has 0 aliphatic heterocycles. The maximum atomic E-state index is 12.4. The molecule has 75 heavy (non-hydrogen) atoms. The van der Waals surface area contributed by atoms with Gasteiger partial charge in [0.05, 0.1) is 6.61 Å². The Morgan fingerprint density at radius 3 is 0.587 bits per heavy atom. The average molecular weight is 1060 g/mol. The number of aliphatic hydroxyl groups is 1. The van der Waals surface area contributed by atoms with Crippen molar-refractivity contribution in [2.24, 2.45) is 0 Å². The van der Waals surface area contributed by atoms with Crippen LogP contribution in [0.2, 0.25) is 0 Å². The number of carbonyl (C=O) groups excluding carboxylic acids is 2. The highest BCUT2D eigenvalue weighted by atomic mass is 16.6. The minimum absolute atomic E-state index is 0.0553. The molecule has 1 unspecified atom stereocenters. The summed E-state index contributed by atoms with van der Waals surface area (Å²) >= 11 is 0. The Morgan fingerprint density at radius 1 is 0.253 bits per heavy atom. The predicted octanol–water partition coefficient (Wildman–Crippen LogP) is 24.0. The van der Waals surface area contributed by atoms with Gasteiger partial charge in [0.15, 0.2) is 6.10 Å². The Hall–Kier alpha value is -1.10. The molecule has 0 heterocycles. The first-order valence-electron chi connectivity index (χ1n) is 35.1. The zero-order chi connectivity index (χ0) is 54.1. The second-order valence-electron chi connectivity index (χ2n) is 24.3. The molecule has 0 aliphatic rings. The predicted molar refractivity (Wildman–Crippen MR) is 330 cm³/mol. The van der Waals surface area contributed by atoms with Crippen molar-refractivity contribution < 1.29 is 24.2 Å². The molecule has 0 bridgehead atoms. The molecule has 5 heteroatoms. The van der Waals surface area contributed by atoms with Crippen molar-refractivity contribution in [3.05, 3.63) is 0 Å². The number of esters is 2. The topological polar surface area (TPSA) is 72.8 Å².